The van der Waals surface area contributed by atoms with E-state index in [1.54, 1.807) is 35.2 Å². The molecule has 1 aliphatic heterocycles. The van der Waals surface area contributed by atoms with Crippen molar-refractivity contribution >= 4 is 35.0 Å². The van der Waals surface area contributed by atoms with E-state index in [4.69, 9.17) is 15.9 Å². The van der Waals surface area contributed by atoms with Crippen LogP contribution >= 0.6 is 11.3 Å². The van der Waals surface area contributed by atoms with Gasteiger partial charge in [-0.15, -0.1) is 11.3 Å². The lowest BCUT2D eigenvalue weighted by Crippen LogP contribution is -2.62. The van der Waals surface area contributed by atoms with Crippen LogP contribution in [-0.4, -0.2) is 62.8 Å². The number of carbonyl (C=O) groups is 3. The second kappa shape index (κ2) is 9.56. The zero-order valence-corrected chi connectivity index (χ0v) is 17.7. The van der Waals surface area contributed by atoms with E-state index in [1.165, 1.54) is 21.1 Å². The first-order valence-electron chi connectivity index (χ1n) is 9.64. The number of hydrogen-bond donors (Lipinski definition) is 3. The number of nitrogen functional groups attached to an aromatic ring is 1. The summed E-state index contributed by atoms with van der Waals surface area (Å²) in [7, 11) is 0. The normalized spacial score (nSPS) is 17.5. The molecule has 1 saturated heterocycles. The number of aliphatic carboxylic acids is 1. The maximum Gasteiger partial charge on any atom is 0.315 e. The molecule has 1 fully saturated rings. The molecule has 11 heteroatoms. The molecule has 0 radical (unpaired) electrons. The van der Waals surface area contributed by atoms with Crippen LogP contribution in [0.2, 0.25) is 0 Å². The van der Waals surface area contributed by atoms with Gasteiger partial charge in [-0.05, 0) is 30.7 Å². The summed E-state index contributed by atoms with van der Waals surface area (Å²) in [5, 5.41) is 18.5. The number of carboxylic acids is 1. The van der Waals surface area contributed by atoms with Crippen LogP contribution in [0.4, 0.5) is 0 Å². The minimum Gasteiger partial charge on any atom is -0.481 e. The number of amidine groups is 1. The van der Waals surface area contributed by atoms with Crippen LogP contribution in [0.3, 0.4) is 0 Å². The van der Waals surface area contributed by atoms with Crippen LogP contribution in [0, 0.1) is 5.41 Å². The van der Waals surface area contributed by atoms with Crippen LogP contribution in [-0.2, 0) is 14.4 Å². The van der Waals surface area contributed by atoms with Gasteiger partial charge in [-0.2, -0.15) is 0 Å². The first kappa shape index (κ1) is 22.2. The van der Waals surface area contributed by atoms with E-state index in [0.29, 0.717) is 30.0 Å². The molecule has 1 aromatic heterocycles. The number of amides is 2. The highest BCUT2D eigenvalue weighted by atomic mass is 32.1. The topological polar surface area (TPSA) is 150 Å². The molecule has 1 aromatic carbocycles. The number of nitrogens with zero attached hydrogens (tertiary/aromatic N) is 3. The zero-order valence-electron chi connectivity index (χ0n) is 16.9. The molecular weight excluding hydrogens is 422 g/mol. The van der Waals surface area contributed by atoms with Gasteiger partial charge in [0.05, 0.1) is 30.2 Å². The number of benzene rings is 1. The van der Waals surface area contributed by atoms with Crippen molar-refractivity contribution in [2.75, 3.05) is 13.1 Å². The predicted octanol–water partition coefficient (Wildman–Crippen LogP) is 1.43. The van der Waals surface area contributed by atoms with Gasteiger partial charge in [0.1, 0.15) is 11.6 Å². The van der Waals surface area contributed by atoms with Gasteiger partial charge in [0.15, 0.2) is 6.23 Å². The van der Waals surface area contributed by atoms with Crippen molar-refractivity contribution in [3.8, 4) is 5.75 Å². The SMILES string of the molecule is CCCN1C(=O)C(=O)N(C(CC(=O)O)c2cscn2)CC1Oc1ccc(C(=N)N)cc1. The van der Waals surface area contributed by atoms with Crippen molar-refractivity contribution < 1.29 is 24.2 Å². The molecule has 31 heavy (non-hydrogen) atoms. The number of aromatic nitrogens is 1. The Morgan fingerprint density at radius 1 is 1.35 bits per heavy atom. The van der Waals surface area contributed by atoms with Crippen molar-refractivity contribution in [2.24, 2.45) is 5.73 Å². The first-order chi connectivity index (χ1) is 14.8. The molecule has 0 bridgehead atoms. The van der Waals surface area contributed by atoms with E-state index < -0.39 is 30.1 Å². The third-order valence-electron chi connectivity index (χ3n) is 4.84. The monoisotopic (exact) mass is 445 g/mol. The minimum atomic E-state index is -1.11. The van der Waals surface area contributed by atoms with Gasteiger partial charge in [0.2, 0.25) is 0 Å². The van der Waals surface area contributed by atoms with Crippen molar-refractivity contribution in [1.82, 2.24) is 14.8 Å². The Bertz CT molecular complexity index is 963. The maximum absolute atomic E-state index is 12.9. The molecule has 2 atom stereocenters. The van der Waals surface area contributed by atoms with Gasteiger partial charge in [0, 0.05) is 17.5 Å². The first-order valence-corrected chi connectivity index (χ1v) is 10.6. The fourth-order valence-electron chi connectivity index (χ4n) is 3.38. The van der Waals surface area contributed by atoms with Gasteiger partial charge >= 0.3 is 17.8 Å². The molecule has 4 N–H and O–H groups in total. The number of carboxylic acid groups (broad SMARTS) is 1. The summed E-state index contributed by atoms with van der Waals surface area (Å²) in [4.78, 5) is 43.9. The summed E-state index contributed by atoms with van der Waals surface area (Å²) < 4.78 is 6.01. The van der Waals surface area contributed by atoms with E-state index in [1.807, 2.05) is 6.92 Å². The molecule has 2 aromatic rings. The number of nitrogens with one attached hydrogen (secondary N) is 1. The summed E-state index contributed by atoms with van der Waals surface area (Å²) in [5.74, 6) is -2.28. The Hall–Kier alpha value is -3.47. The van der Waals surface area contributed by atoms with E-state index in [0.717, 1.165) is 0 Å². The highest BCUT2D eigenvalue weighted by molar-refractivity contribution is 7.07. The predicted molar refractivity (Wildman–Crippen MR) is 113 cm³/mol. The fraction of sp³-hybridized carbons (Fsp3) is 0.350. The summed E-state index contributed by atoms with van der Waals surface area (Å²) in [6.45, 7) is 2.19. The number of hydrogen-bond acceptors (Lipinski definition) is 7. The maximum atomic E-state index is 12.9. The third kappa shape index (κ3) is 5.00. The van der Waals surface area contributed by atoms with Crippen LogP contribution < -0.4 is 10.5 Å². The summed E-state index contributed by atoms with van der Waals surface area (Å²) >= 11 is 1.28. The van der Waals surface area contributed by atoms with Crippen LogP contribution in [0.5, 0.6) is 5.75 Å². The fourth-order valence-corrected chi connectivity index (χ4v) is 3.98. The number of rotatable bonds is 9. The summed E-state index contributed by atoms with van der Waals surface area (Å²) in [5.41, 5.74) is 7.97. The smallest absolute Gasteiger partial charge is 0.315 e. The number of piperazine rings is 1. The molecule has 1 aliphatic rings. The Labute approximate surface area is 182 Å². The quantitative estimate of drug-likeness (QED) is 0.300. The molecule has 3 rings (SSSR count). The Kier molecular flexibility index (Phi) is 6.85. The average Bonchev–Trinajstić information content (AvgIpc) is 3.26. The van der Waals surface area contributed by atoms with Crippen molar-refractivity contribution in [1.29, 1.82) is 5.41 Å². The highest BCUT2D eigenvalue weighted by Gasteiger charge is 2.44. The van der Waals surface area contributed by atoms with Crippen molar-refractivity contribution in [2.45, 2.75) is 32.0 Å². The lowest BCUT2D eigenvalue weighted by molar-refractivity contribution is -0.169. The van der Waals surface area contributed by atoms with Gasteiger partial charge in [-0.3, -0.25) is 24.7 Å². The van der Waals surface area contributed by atoms with Gasteiger partial charge in [0.25, 0.3) is 0 Å². The van der Waals surface area contributed by atoms with E-state index in [9.17, 15) is 19.5 Å². The summed E-state index contributed by atoms with van der Waals surface area (Å²) in [6.07, 6.45) is -0.563. The van der Waals surface area contributed by atoms with E-state index >= 15 is 0 Å². The lowest BCUT2D eigenvalue weighted by Gasteiger charge is -2.42. The second-order valence-electron chi connectivity index (χ2n) is 6.99. The molecule has 10 nitrogen and oxygen atoms in total. The molecule has 2 amide bonds. The number of ether oxygens (including phenoxy) is 1. The Morgan fingerprint density at radius 3 is 2.61 bits per heavy atom. The average molecular weight is 446 g/mol. The van der Waals surface area contributed by atoms with Gasteiger partial charge in [-0.25, -0.2) is 4.98 Å². The van der Waals surface area contributed by atoms with Crippen molar-refractivity contribution in [3.63, 3.8) is 0 Å². The Morgan fingerprint density at radius 2 is 2.06 bits per heavy atom. The summed E-state index contributed by atoms with van der Waals surface area (Å²) in [6, 6.07) is 5.62. The van der Waals surface area contributed by atoms with Crippen LogP contribution in [0.1, 0.15) is 37.1 Å². The molecular formula is C20H23N5O5S. The minimum absolute atomic E-state index is 0.00545. The molecule has 0 aliphatic carbocycles. The molecule has 0 saturated carbocycles. The number of carbonyl (C=O) groups excluding carboxylic acids is 2. The van der Waals surface area contributed by atoms with Crippen molar-refractivity contribution in [3.05, 3.63) is 46.4 Å². The van der Waals surface area contributed by atoms with Gasteiger partial charge in [-0.1, -0.05) is 6.92 Å². The molecule has 2 heterocycles. The van der Waals surface area contributed by atoms with Crippen LogP contribution in [0.25, 0.3) is 0 Å². The molecule has 0 spiro atoms. The third-order valence-corrected chi connectivity index (χ3v) is 5.45. The Balaban J connectivity index is 1.90. The second-order valence-corrected chi connectivity index (χ2v) is 7.71. The number of nitrogens with two attached hydrogens (primary N) is 1. The van der Waals surface area contributed by atoms with Gasteiger partial charge < -0.3 is 20.5 Å². The van der Waals surface area contributed by atoms with Crippen LogP contribution in [0.15, 0.2) is 35.2 Å². The van der Waals surface area contributed by atoms with E-state index in [2.05, 4.69) is 4.98 Å². The number of thiazole rings is 1. The lowest BCUT2D eigenvalue weighted by atomic mass is 10.1. The largest absolute Gasteiger partial charge is 0.481 e. The highest BCUT2D eigenvalue weighted by Crippen LogP contribution is 2.29. The molecule has 2 unspecified atom stereocenters. The van der Waals surface area contributed by atoms with E-state index in [-0.39, 0.29) is 18.8 Å². The molecule has 164 valence electrons. The standard InChI is InChI=1S/C20H23N5O5S/c1-2-7-24-16(30-13-5-3-12(4-6-13)18(21)22)9-25(20(29)19(24)28)15(8-17(26)27)14-10-31-11-23-14/h3-6,10-11,15-16H,2,7-9H2,1H3,(H3,21,22)(H,26,27). The zero-order chi connectivity index (χ0) is 22.5.